The fourth-order valence-electron chi connectivity index (χ4n) is 1.38. The second-order valence-electron chi connectivity index (χ2n) is 3.51. The average molecular weight is 238 g/mol. The van der Waals surface area contributed by atoms with E-state index in [4.69, 9.17) is 5.11 Å². The molecule has 0 aliphatic rings. The average Bonchev–Trinajstić information content (AvgIpc) is 2.34. The Labute approximate surface area is 98.4 Å². The van der Waals surface area contributed by atoms with Crippen LogP contribution >= 0.6 is 0 Å². The van der Waals surface area contributed by atoms with Crippen LogP contribution in [0.3, 0.4) is 0 Å². The van der Waals surface area contributed by atoms with Crippen LogP contribution in [0.4, 0.5) is 11.4 Å². The summed E-state index contributed by atoms with van der Waals surface area (Å²) in [4.78, 5) is 20.8. The number of hydrogen-bond donors (Lipinski definition) is 2. The van der Waals surface area contributed by atoms with Gasteiger partial charge >= 0.3 is 0 Å². The second-order valence-corrected chi connectivity index (χ2v) is 3.51. The minimum absolute atomic E-state index is 0.105. The van der Waals surface area contributed by atoms with E-state index in [9.17, 15) is 14.9 Å². The number of nitro groups is 1. The Morgan fingerprint density at radius 2 is 2.18 bits per heavy atom. The van der Waals surface area contributed by atoms with Crippen molar-refractivity contribution >= 4 is 17.7 Å². The van der Waals surface area contributed by atoms with Gasteiger partial charge in [0.1, 0.15) is 12.0 Å². The van der Waals surface area contributed by atoms with Crippen LogP contribution in [0, 0.1) is 10.1 Å². The van der Waals surface area contributed by atoms with E-state index < -0.39 is 4.92 Å². The standard InChI is InChI=1S/C11H14N2O4/c14-6-2-1-5-12-10-4-3-9(8-15)7-11(10)13(16)17/h3-4,7-8,12,14H,1-2,5-6H2. The molecular formula is C11H14N2O4. The van der Waals surface area contributed by atoms with Crippen LogP contribution in [-0.2, 0) is 0 Å². The Kier molecular flexibility index (Phi) is 5.09. The third-order valence-electron chi connectivity index (χ3n) is 2.25. The van der Waals surface area contributed by atoms with Gasteiger partial charge in [-0.25, -0.2) is 0 Å². The van der Waals surface area contributed by atoms with Crippen LogP contribution in [0.25, 0.3) is 0 Å². The summed E-state index contributed by atoms with van der Waals surface area (Å²) in [5.74, 6) is 0. The topological polar surface area (TPSA) is 92.5 Å². The predicted molar refractivity (Wildman–Crippen MR) is 63.3 cm³/mol. The van der Waals surface area contributed by atoms with Crippen molar-refractivity contribution in [2.45, 2.75) is 12.8 Å². The zero-order chi connectivity index (χ0) is 12.7. The third kappa shape index (κ3) is 3.84. The smallest absolute Gasteiger partial charge is 0.293 e. The highest BCUT2D eigenvalue weighted by Crippen LogP contribution is 2.24. The fourth-order valence-corrected chi connectivity index (χ4v) is 1.38. The molecule has 0 fully saturated rings. The molecule has 0 aromatic heterocycles. The van der Waals surface area contributed by atoms with E-state index in [1.54, 1.807) is 0 Å². The van der Waals surface area contributed by atoms with Gasteiger partial charge in [-0.15, -0.1) is 0 Å². The number of aliphatic hydroxyl groups excluding tert-OH is 1. The number of nitrogens with zero attached hydrogens (tertiary/aromatic N) is 1. The highest BCUT2D eigenvalue weighted by molar-refractivity contribution is 5.79. The molecule has 0 saturated heterocycles. The lowest BCUT2D eigenvalue weighted by Crippen LogP contribution is -2.05. The molecule has 92 valence electrons. The third-order valence-corrected chi connectivity index (χ3v) is 2.25. The summed E-state index contributed by atoms with van der Waals surface area (Å²) in [6.07, 6.45) is 1.94. The molecule has 1 aromatic carbocycles. The number of hydrogen-bond acceptors (Lipinski definition) is 5. The van der Waals surface area contributed by atoms with Crippen molar-refractivity contribution in [3.8, 4) is 0 Å². The molecule has 6 nitrogen and oxygen atoms in total. The summed E-state index contributed by atoms with van der Waals surface area (Å²) >= 11 is 0. The molecule has 2 N–H and O–H groups in total. The Balaban J connectivity index is 2.76. The number of unbranched alkanes of at least 4 members (excludes halogenated alkanes) is 1. The minimum Gasteiger partial charge on any atom is -0.396 e. The molecular weight excluding hydrogens is 224 g/mol. The van der Waals surface area contributed by atoms with E-state index >= 15 is 0 Å². The van der Waals surface area contributed by atoms with Crippen LogP contribution in [0.2, 0.25) is 0 Å². The number of aldehydes is 1. The fraction of sp³-hybridized carbons (Fsp3) is 0.364. The summed E-state index contributed by atoms with van der Waals surface area (Å²) < 4.78 is 0. The van der Waals surface area contributed by atoms with E-state index in [2.05, 4.69) is 5.32 Å². The van der Waals surface area contributed by atoms with E-state index in [1.807, 2.05) is 0 Å². The molecule has 6 heteroatoms. The van der Waals surface area contributed by atoms with Gasteiger partial charge in [0.05, 0.1) is 4.92 Å². The van der Waals surface area contributed by atoms with Crippen molar-refractivity contribution in [2.75, 3.05) is 18.5 Å². The number of aliphatic hydroxyl groups is 1. The Morgan fingerprint density at radius 1 is 1.41 bits per heavy atom. The maximum atomic E-state index is 10.8. The van der Waals surface area contributed by atoms with Gasteiger partial charge in [0.25, 0.3) is 5.69 Å². The number of carbonyl (C=O) groups excluding carboxylic acids is 1. The molecule has 1 aromatic rings. The van der Waals surface area contributed by atoms with Crippen molar-refractivity contribution in [1.82, 2.24) is 0 Å². The van der Waals surface area contributed by atoms with Crippen LogP contribution in [-0.4, -0.2) is 29.5 Å². The number of anilines is 1. The predicted octanol–water partition coefficient (Wildman–Crippen LogP) is 1.59. The first kappa shape index (κ1) is 13.1. The lowest BCUT2D eigenvalue weighted by molar-refractivity contribution is -0.384. The molecule has 0 amide bonds. The quantitative estimate of drug-likeness (QED) is 0.325. The molecule has 1 rings (SSSR count). The summed E-state index contributed by atoms with van der Waals surface area (Å²) in [7, 11) is 0. The van der Waals surface area contributed by atoms with Gasteiger partial charge in [0.2, 0.25) is 0 Å². The number of carbonyl (C=O) groups is 1. The molecule has 0 aliphatic heterocycles. The van der Waals surface area contributed by atoms with Gasteiger partial charge in [-0.3, -0.25) is 14.9 Å². The van der Waals surface area contributed by atoms with Crippen molar-refractivity contribution < 1.29 is 14.8 Å². The number of benzene rings is 1. The minimum atomic E-state index is -0.526. The Morgan fingerprint density at radius 3 is 2.76 bits per heavy atom. The SMILES string of the molecule is O=Cc1ccc(NCCCCO)c([N+](=O)[O-])c1. The maximum absolute atomic E-state index is 10.8. The first-order valence-corrected chi connectivity index (χ1v) is 5.27. The molecule has 0 unspecified atom stereocenters. The normalized spacial score (nSPS) is 9.94. The maximum Gasteiger partial charge on any atom is 0.293 e. The highest BCUT2D eigenvalue weighted by Gasteiger charge is 2.13. The van der Waals surface area contributed by atoms with Gasteiger partial charge in [-0.05, 0) is 25.0 Å². The zero-order valence-electron chi connectivity index (χ0n) is 9.26. The van der Waals surface area contributed by atoms with Gasteiger partial charge in [-0.1, -0.05) is 0 Å². The first-order valence-electron chi connectivity index (χ1n) is 5.27. The van der Waals surface area contributed by atoms with Gasteiger partial charge < -0.3 is 10.4 Å². The Bertz CT molecular complexity index is 406. The van der Waals surface area contributed by atoms with Crippen LogP contribution in [0.5, 0.6) is 0 Å². The lowest BCUT2D eigenvalue weighted by atomic mass is 10.2. The monoisotopic (exact) mass is 238 g/mol. The molecule has 0 heterocycles. The zero-order valence-corrected chi connectivity index (χ0v) is 9.26. The molecule has 0 saturated carbocycles. The summed E-state index contributed by atoms with van der Waals surface area (Å²) in [6.45, 7) is 0.649. The van der Waals surface area contributed by atoms with E-state index in [1.165, 1.54) is 18.2 Å². The molecule has 17 heavy (non-hydrogen) atoms. The molecule has 0 radical (unpaired) electrons. The van der Waals surface area contributed by atoms with Gasteiger partial charge in [-0.2, -0.15) is 0 Å². The summed E-state index contributed by atoms with van der Waals surface area (Å²) in [5.41, 5.74) is 0.551. The largest absolute Gasteiger partial charge is 0.396 e. The van der Waals surface area contributed by atoms with Crippen LogP contribution < -0.4 is 5.32 Å². The highest BCUT2D eigenvalue weighted by atomic mass is 16.6. The lowest BCUT2D eigenvalue weighted by Gasteiger charge is -2.06. The van der Waals surface area contributed by atoms with Crippen molar-refractivity contribution in [2.24, 2.45) is 0 Å². The first-order chi connectivity index (χ1) is 8.19. The van der Waals surface area contributed by atoms with Gasteiger partial charge in [0, 0.05) is 24.8 Å². The van der Waals surface area contributed by atoms with Crippen molar-refractivity contribution in [3.63, 3.8) is 0 Å². The second kappa shape index (κ2) is 6.59. The van der Waals surface area contributed by atoms with Crippen LogP contribution in [0.15, 0.2) is 18.2 Å². The molecule has 0 atom stereocenters. The number of nitro benzene ring substituents is 1. The van der Waals surface area contributed by atoms with E-state index in [0.29, 0.717) is 24.9 Å². The Hall–Kier alpha value is -1.95. The van der Waals surface area contributed by atoms with Gasteiger partial charge in [0.15, 0.2) is 0 Å². The molecule has 0 spiro atoms. The van der Waals surface area contributed by atoms with Crippen molar-refractivity contribution in [3.05, 3.63) is 33.9 Å². The number of nitrogens with one attached hydrogen (secondary N) is 1. The van der Waals surface area contributed by atoms with Crippen molar-refractivity contribution in [1.29, 1.82) is 0 Å². The van der Waals surface area contributed by atoms with E-state index in [0.717, 1.165) is 6.42 Å². The number of rotatable bonds is 7. The van der Waals surface area contributed by atoms with E-state index in [-0.39, 0.29) is 17.9 Å². The molecule has 0 bridgehead atoms. The molecule has 0 aliphatic carbocycles. The summed E-state index contributed by atoms with van der Waals surface area (Å²) in [5, 5.41) is 22.3. The van der Waals surface area contributed by atoms with Crippen LogP contribution in [0.1, 0.15) is 23.2 Å². The summed E-state index contributed by atoms with van der Waals surface area (Å²) in [6, 6.07) is 4.27.